The molecule has 0 radical (unpaired) electrons. The summed E-state index contributed by atoms with van der Waals surface area (Å²) in [6.45, 7) is 3.93. The number of hydrogen-bond acceptors (Lipinski definition) is 2. The Balaban J connectivity index is 1.80. The zero-order valence-electron chi connectivity index (χ0n) is 11.0. The van der Waals surface area contributed by atoms with Gasteiger partial charge in [-0.15, -0.1) is 0 Å². The van der Waals surface area contributed by atoms with Crippen molar-refractivity contribution < 1.29 is 4.79 Å². The summed E-state index contributed by atoms with van der Waals surface area (Å²) in [6.07, 6.45) is 8.05. The van der Waals surface area contributed by atoms with Gasteiger partial charge in [0.25, 0.3) is 0 Å². The van der Waals surface area contributed by atoms with E-state index in [1.165, 1.54) is 25.7 Å². The van der Waals surface area contributed by atoms with E-state index in [1.807, 2.05) is 4.90 Å². The van der Waals surface area contributed by atoms with E-state index in [-0.39, 0.29) is 6.04 Å². The van der Waals surface area contributed by atoms with E-state index in [4.69, 9.17) is 5.73 Å². The Morgan fingerprint density at radius 3 is 2.53 bits per heavy atom. The van der Waals surface area contributed by atoms with Crippen LogP contribution >= 0.6 is 0 Å². The fourth-order valence-corrected chi connectivity index (χ4v) is 2.86. The van der Waals surface area contributed by atoms with Gasteiger partial charge in [-0.25, -0.2) is 0 Å². The van der Waals surface area contributed by atoms with Gasteiger partial charge in [0.15, 0.2) is 0 Å². The van der Waals surface area contributed by atoms with Gasteiger partial charge in [0.05, 0.1) is 0 Å². The summed E-state index contributed by atoms with van der Waals surface area (Å²) in [6, 6.07) is 0.257. The molecule has 3 heteroatoms. The molecule has 0 aromatic carbocycles. The zero-order valence-corrected chi connectivity index (χ0v) is 11.0. The second-order valence-corrected chi connectivity index (χ2v) is 5.79. The molecule has 3 nitrogen and oxygen atoms in total. The SMILES string of the molecule is CCN(CC1CC1)C(=O)CC1CCCCC1N. The molecule has 1 amide bonds. The van der Waals surface area contributed by atoms with Crippen molar-refractivity contribution in [3.63, 3.8) is 0 Å². The molecule has 2 rings (SSSR count). The van der Waals surface area contributed by atoms with Crippen LogP contribution in [0, 0.1) is 11.8 Å². The Bertz CT molecular complexity index is 263. The van der Waals surface area contributed by atoms with Crippen molar-refractivity contribution in [2.75, 3.05) is 13.1 Å². The van der Waals surface area contributed by atoms with Crippen LogP contribution in [0.25, 0.3) is 0 Å². The number of amides is 1. The Morgan fingerprint density at radius 2 is 1.94 bits per heavy atom. The van der Waals surface area contributed by atoms with E-state index < -0.39 is 0 Å². The molecule has 0 aromatic rings. The first-order chi connectivity index (χ1) is 8.20. The highest BCUT2D eigenvalue weighted by molar-refractivity contribution is 5.76. The third-order valence-corrected chi connectivity index (χ3v) is 4.31. The highest BCUT2D eigenvalue weighted by Gasteiger charge is 2.29. The van der Waals surface area contributed by atoms with Gasteiger partial charge in [0.1, 0.15) is 0 Å². The van der Waals surface area contributed by atoms with E-state index in [0.717, 1.165) is 31.8 Å². The smallest absolute Gasteiger partial charge is 0.222 e. The molecule has 0 spiro atoms. The number of nitrogens with two attached hydrogens (primary N) is 1. The van der Waals surface area contributed by atoms with Crippen LogP contribution in [0.5, 0.6) is 0 Å². The van der Waals surface area contributed by atoms with Crippen molar-refractivity contribution in [2.24, 2.45) is 17.6 Å². The van der Waals surface area contributed by atoms with Crippen molar-refractivity contribution in [3.8, 4) is 0 Å². The monoisotopic (exact) mass is 238 g/mol. The Labute approximate surface area is 105 Å². The number of rotatable bonds is 5. The Hall–Kier alpha value is -0.570. The maximum atomic E-state index is 12.2. The van der Waals surface area contributed by atoms with Crippen LogP contribution in [0.1, 0.15) is 51.9 Å². The minimum absolute atomic E-state index is 0.257. The molecule has 0 heterocycles. The third kappa shape index (κ3) is 3.70. The third-order valence-electron chi connectivity index (χ3n) is 4.31. The average molecular weight is 238 g/mol. The van der Waals surface area contributed by atoms with E-state index in [1.54, 1.807) is 0 Å². The number of carbonyl (C=O) groups is 1. The van der Waals surface area contributed by atoms with Gasteiger partial charge in [0, 0.05) is 25.6 Å². The standard InChI is InChI=1S/C14H26N2O/c1-2-16(10-11-7-8-11)14(17)9-12-5-3-4-6-13(12)15/h11-13H,2-10,15H2,1H3. The summed E-state index contributed by atoms with van der Waals surface area (Å²) in [5, 5.41) is 0. The second kappa shape index (κ2) is 5.85. The maximum absolute atomic E-state index is 12.2. The molecule has 2 atom stereocenters. The lowest BCUT2D eigenvalue weighted by Gasteiger charge is -2.30. The van der Waals surface area contributed by atoms with Gasteiger partial charge in [0.2, 0.25) is 5.91 Å². The van der Waals surface area contributed by atoms with E-state index >= 15 is 0 Å². The van der Waals surface area contributed by atoms with Crippen molar-refractivity contribution in [1.82, 2.24) is 4.90 Å². The van der Waals surface area contributed by atoms with E-state index in [0.29, 0.717) is 18.2 Å². The first kappa shape index (κ1) is 12.9. The number of nitrogens with zero attached hydrogens (tertiary/aromatic N) is 1. The highest BCUT2D eigenvalue weighted by atomic mass is 16.2. The van der Waals surface area contributed by atoms with E-state index in [9.17, 15) is 4.79 Å². The second-order valence-electron chi connectivity index (χ2n) is 5.79. The summed E-state index contributed by atoms with van der Waals surface area (Å²) >= 11 is 0. The lowest BCUT2D eigenvalue weighted by atomic mass is 9.82. The zero-order chi connectivity index (χ0) is 12.3. The van der Waals surface area contributed by atoms with Crippen LogP contribution in [0.3, 0.4) is 0 Å². The topological polar surface area (TPSA) is 46.3 Å². The molecular weight excluding hydrogens is 212 g/mol. The molecule has 0 bridgehead atoms. The maximum Gasteiger partial charge on any atom is 0.222 e. The first-order valence-electron chi connectivity index (χ1n) is 7.24. The van der Waals surface area contributed by atoms with Crippen molar-refractivity contribution in [1.29, 1.82) is 0 Å². The molecule has 0 aromatic heterocycles. The largest absolute Gasteiger partial charge is 0.343 e. The van der Waals surface area contributed by atoms with E-state index in [2.05, 4.69) is 6.92 Å². The minimum atomic E-state index is 0.257. The summed E-state index contributed by atoms with van der Waals surface area (Å²) < 4.78 is 0. The van der Waals surface area contributed by atoms with Crippen LogP contribution in [0.4, 0.5) is 0 Å². The van der Waals surface area contributed by atoms with Gasteiger partial charge in [-0.1, -0.05) is 12.8 Å². The molecular formula is C14H26N2O. The van der Waals surface area contributed by atoms with Crippen molar-refractivity contribution in [3.05, 3.63) is 0 Å². The van der Waals surface area contributed by atoms with Crippen LogP contribution in [0.15, 0.2) is 0 Å². The lowest BCUT2D eigenvalue weighted by Crippen LogP contribution is -2.39. The summed E-state index contributed by atoms with van der Waals surface area (Å²) in [7, 11) is 0. The van der Waals surface area contributed by atoms with Gasteiger partial charge in [-0.3, -0.25) is 4.79 Å². The van der Waals surface area contributed by atoms with Gasteiger partial charge in [-0.2, -0.15) is 0 Å². The van der Waals surface area contributed by atoms with Crippen LogP contribution in [-0.2, 0) is 4.79 Å². The molecule has 2 saturated carbocycles. The Morgan fingerprint density at radius 1 is 1.24 bits per heavy atom. The lowest BCUT2D eigenvalue weighted by molar-refractivity contribution is -0.132. The number of hydrogen-bond donors (Lipinski definition) is 1. The molecule has 0 aliphatic heterocycles. The number of carbonyl (C=O) groups excluding carboxylic acids is 1. The van der Waals surface area contributed by atoms with Crippen LogP contribution in [-0.4, -0.2) is 29.9 Å². The Kier molecular flexibility index (Phi) is 4.43. The predicted octanol–water partition coefficient (Wildman–Crippen LogP) is 2.15. The fourth-order valence-electron chi connectivity index (χ4n) is 2.86. The van der Waals surface area contributed by atoms with Gasteiger partial charge < -0.3 is 10.6 Å². The van der Waals surface area contributed by atoms with Gasteiger partial charge >= 0.3 is 0 Å². The van der Waals surface area contributed by atoms with Crippen LogP contribution in [0.2, 0.25) is 0 Å². The fraction of sp³-hybridized carbons (Fsp3) is 0.929. The summed E-state index contributed by atoms with van der Waals surface area (Å²) in [4.78, 5) is 14.3. The highest BCUT2D eigenvalue weighted by Crippen LogP contribution is 2.31. The van der Waals surface area contributed by atoms with Crippen molar-refractivity contribution in [2.45, 2.75) is 57.9 Å². The summed E-state index contributed by atoms with van der Waals surface area (Å²) in [5.41, 5.74) is 6.11. The minimum Gasteiger partial charge on any atom is -0.343 e. The quantitative estimate of drug-likeness (QED) is 0.797. The molecule has 2 unspecified atom stereocenters. The molecule has 2 aliphatic rings. The molecule has 17 heavy (non-hydrogen) atoms. The summed E-state index contributed by atoms with van der Waals surface area (Å²) in [5.74, 6) is 1.56. The molecule has 0 saturated heterocycles. The molecule has 2 aliphatic carbocycles. The first-order valence-corrected chi connectivity index (χ1v) is 7.24. The normalized spacial score (nSPS) is 29.1. The predicted molar refractivity (Wildman–Crippen MR) is 69.5 cm³/mol. The average Bonchev–Trinajstić information content (AvgIpc) is 3.12. The van der Waals surface area contributed by atoms with Gasteiger partial charge in [-0.05, 0) is 44.4 Å². The molecule has 2 N–H and O–H groups in total. The molecule has 98 valence electrons. The molecule has 2 fully saturated rings. The van der Waals surface area contributed by atoms with Crippen LogP contribution < -0.4 is 5.73 Å². The van der Waals surface area contributed by atoms with Crippen molar-refractivity contribution >= 4 is 5.91 Å².